The standard InChI is InChI=1S/C14H11ClN6O2/c15-9-3-1-8(2-4-9)13(22)19-10-5-17-12-11(14(23)20-16)6-18-21(12)7-10/h1-7H,16H2,(H,19,22)(H,20,23). The number of carbonyl (C=O) groups excluding carboxylic acids is 2. The summed E-state index contributed by atoms with van der Waals surface area (Å²) >= 11 is 5.79. The smallest absolute Gasteiger partial charge is 0.270 e. The number of halogens is 1. The van der Waals surface area contributed by atoms with Crippen molar-refractivity contribution < 1.29 is 9.59 Å². The molecule has 3 aromatic rings. The molecule has 1 aromatic carbocycles. The van der Waals surface area contributed by atoms with Crippen molar-refractivity contribution in [2.24, 2.45) is 5.84 Å². The van der Waals surface area contributed by atoms with E-state index in [9.17, 15) is 9.59 Å². The van der Waals surface area contributed by atoms with Crippen molar-refractivity contribution in [3.8, 4) is 0 Å². The van der Waals surface area contributed by atoms with Crippen molar-refractivity contribution in [1.82, 2.24) is 20.0 Å². The summed E-state index contributed by atoms with van der Waals surface area (Å²) in [7, 11) is 0. The van der Waals surface area contributed by atoms with Gasteiger partial charge in [0.1, 0.15) is 5.56 Å². The zero-order valence-electron chi connectivity index (χ0n) is 11.7. The Bertz CT molecular complexity index is 890. The molecule has 116 valence electrons. The number of fused-ring (bicyclic) bond motifs is 1. The molecule has 2 heterocycles. The molecule has 0 aliphatic heterocycles. The van der Waals surface area contributed by atoms with Gasteiger partial charge in [0.25, 0.3) is 11.8 Å². The van der Waals surface area contributed by atoms with Crippen LogP contribution in [0.4, 0.5) is 5.69 Å². The number of hydrogen-bond donors (Lipinski definition) is 3. The van der Waals surface area contributed by atoms with Gasteiger partial charge in [0.05, 0.1) is 24.3 Å². The van der Waals surface area contributed by atoms with Crippen LogP contribution in [0.3, 0.4) is 0 Å². The van der Waals surface area contributed by atoms with Crippen molar-refractivity contribution in [3.63, 3.8) is 0 Å². The van der Waals surface area contributed by atoms with E-state index in [1.54, 1.807) is 30.5 Å². The third-order valence-corrected chi connectivity index (χ3v) is 3.35. The SMILES string of the molecule is NNC(=O)c1cnn2cc(NC(=O)c3ccc(Cl)cc3)cnc12. The van der Waals surface area contributed by atoms with Gasteiger partial charge in [-0.05, 0) is 24.3 Å². The molecule has 23 heavy (non-hydrogen) atoms. The van der Waals surface area contributed by atoms with Gasteiger partial charge in [0.15, 0.2) is 5.65 Å². The molecular weight excluding hydrogens is 320 g/mol. The number of rotatable bonds is 3. The molecule has 0 aliphatic rings. The lowest BCUT2D eigenvalue weighted by atomic mass is 10.2. The molecule has 0 fully saturated rings. The second kappa shape index (κ2) is 6.03. The largest absolute Gasteiger partial charge is 0.319 e. The summed E-state index contributed by atoms with van der Waals surface area (Å²) in [5.74, 6) is 4.29. The lowest BCUT2D eigenvalue weighted by Gasteiger charge is -2.05. The fraction of sp³-hybridized carbons (Fsp3) is 0. The number of benzene rings is 1. The summed E-state index contributed by atoms with van der Waals surface area (Å²) in [4.78, 5) is 27.8. The summed E-state index contributed by atoms with van der Waals surface area (Å²) in [6.07, 6.45) is 4.32. The van der Waals surface area contributed by atoms with E-state index in [4.69, 9.17) is 17.4 Å². The molecule has 0 saturated heterocycles. The topological polar surface area (TPSA) is 114 Å². The van der Waals surface area contributed by atoms with E-state index < -0.39 is 5.91 Å². The second-order valence-electron chi connectivity index (χ2n) is 4.60. The fourth-order valence-corrected chi connectivity index (χ4v) is 2.11. The molecule has 0 saturated carbocycles. The molecule has 9 heteroatoms. The first-order valence-corrected chi connectivity index (χ1v) is 6.87. The molecule has 0 bridgehead atoms. The molecule has 3 rings (SSSR count). The highest BCUT2D eigenvalue weighted by atomic mass is 35.5. The summed E-state index contributed by atoms with van der Waals surface area (Å²) < 4.78 is 1.38. The minimum Gasteiger partial charge on any atom is -0.319 e. The maximum Gasteiger partial charge on any atom is 0.270 e. The Morgan fingerprint density at radius 1 is 1.13 bits per heavy atom. The minimum atomic E-state index is -0.495. The number of carbonyl (C=O) groups is 2. The monoisotopic (exact) mass is 330 g/mol. The molecule has 0 atom stereocenters. The molecule has 0 aliphatic carbocycles. The van der Waals surface area contributed by atoms with Gasteiger partial charge in [0.2, 0.25) is 0 Å². The lowest BCUT2D eigenvalue weighted by molar-refractivity contribution is 0.0954. The predicted molar refractivity (Wildman–Crippen MR) is 84.0 cm³/mol. The average molecular weight is 331 g/mol. The van der Waals surface area contributed by atoms with Gasteiger partial charge in [-0.2, -0.15) is 5.10 Å². The molecule has 0 unspecified atom stereocenters. The molecule has 0 radical (unpaired) electrons. The van der Waals surface area contributed by atoms with E-state index in [1.165, 1.54) is 16.9 Å². The van der Waals surface area contributed by atoms with Crippen LogP contribution in [-0.2, 0) is 0 Å². The van der Waals surface area contributed by atoms with E-state index in [2.05, 4.69) is 15.4 Å². The van der Waals surface area contributed by atoms with Crippen molar-refractivity contribution in [2.75, 3.05) is 5.32 Å². The van der Waals surface area contributed by atoms with Crippen molar-refractivity contribution >= 4 is 34.7 Å². The van der Waals surface area contributed by atoms with Crippen LogP contribution in [0.15, 0.2) is 42.9 Å². The number of nitrogen functional groups attached to an aromatic ring is 1. The van der Waals surface area contributed by atoms with Gasteiger partial charge in [-0.3, -0.25) is 15.0 Å². The van der Waals surface area contributed by atoms with E-state index >= 15 is 0 Å². The molecule has 8 nitrogen and oxygen atoms in total. The number of hydrogen-bond acceptors (Lipinski definition) is 5. The first-order valence-electron chi connectivity index (χ1n) is 6.50. The van der Waals surface area contributed by atoms with E-state index in [0.717, 1.165) is 0 Å². The maximum absolute atomic E-state index is 12.1. The van der Waals surface area contributed by atoms with Gasteiger partial charge in [-0.1, -0.05) is 11.6 Å². The van der Waals surface area contributed by atoms with Crippen LogP contribution in [0.25, 0.3) is 5.65 Å². The van der Waals surface area contributed by atoms with Crippen LogP contribution in [0.5, 0.6) is 0 Å². The van der Waals surface area contributed by atoms with Crippen LogP contribution < -0.4 is 16.6 Å². The lowest BCUT2D eigenvalue weighted by Crippen LogP contribution is -2.29. The van der Waals surface area contributed by atoms with Crippen molar-refractivity contribution in [1.29, 1.82) is 0 Å². The Hall–Kier alpha value is -2.97. The molecule has 2 amide bonds. The number of nitrogens with two attached hydrogens (primary N) is 1. The van der Waals surface area contributed by atoms with Gasteiger partial charge >= 0.3 is 0 Å². The Labute approximate surface area is 135 Å². The predicted octanol–water partition coefficient (Wildman–Crippen LogP) is 1.24. The zero-order valence-corrected chi connectivity index (χ0v) is 12.4. The first kappa shape index (κ1) is 14.9. The van der Waals surface area contributed by atoms with Gasteiger partial charge in [-0.15, -0.1) is 0 Å². The Kier molecular flexibility index (Phi) is 3.92. The highest BCUT2D eigenvalue weighted by Crippen LogP contribution is 2.14. The fourth-order valence-electron chi connectivity index (χ4n) is 1.98. The van der Waals surface area contributed by atoms with Crippen LogP contribution in [0.1, 0.15) is 20.7 Å². The van der Waals surface area contributed by atoms with Crippen LogP contribution >= 0.6 is 11.6 Å². The third kappa shape index (κ3) is 2.98. The Morgan fingerprint density at radius 2 is 1.87 bits per heavy atom. The molecule has 4 N–H and O–H groups in total. The maximum atomic E-state index is 12.1. The molecular formula is C14H11ClN6O2. The highest BCUT2D eigenvalue weighted by Gasteiger charge is 2.13. The summed E-state index contributed by atoms with van der Waals surface area (Å²) in [6.45, 7) is 0. The minimum absolute atomic E-state index is 0.239. The van der Waals surface area contributed by atoms with Crippen LogP contribution in [0, 0.1) is 0 Å². The Balaban J connectivity index is 1.85. The Morgan fingerprint density at radius 3 is 2.57 bits per heavy atom. The number of amides is 2. The number of hydrazine groups is 1. The average Bonchev–Trinajstić information content (AvgIpc) is 2.98. The summed E-state index contributed by atoms with van der Waals surface area (Å²) in [6, 6.07) is 6.48. The van der Waals surface area contributed by atoms with Crippen molar-refractivity contribution in [3.05, 3.63) is 59.0 Å². The third-order valence-electron chi connectivity index (χ3n) is 3.10. The quantitative estimate of drug-likeness (QED) is 0.380. The van der Waals surface area contributed by atoms with Crippen LogP contribution in [-0.4, -0.2) is 26.4 Å². The summed E-state index contributed by atoms with van der Waals surface area (Å²) in [5.41, 5.74) is 3.48. The van der Waals surface area contributed by atoms with E-state index in [0.29, 0.717) is 21.9 Å². The number of nitrogens with zero attached hydrogens (tertiary/aromatic N) is 3. The summed E-state index contributed by atoms with van der Waals surface area (Å²) in [5, 5.41) is 7.25. The molecule has 2 aromatic heterocycles. The normalized spacial score (nSPS) is 10.5. The van der Waals surface area contributed by atoms with Gasteiger partial charge < -0.3 is 5.32 Å². The zero-order chi connectivity index (χ0) is 16.4. The van der Waals surface area contributed by atoms with E-state index in [-0.39, 0.29) is 11.5 Å². The van der Waals surface area contributed by atoms with Gasteiger partial charge in [-0.25, -0.2) is 15.3 Å². The number of nitrogens with one attached hydrogen (secondary N) is 2. The van der Waals surface area contributed by atoms with Gasteiger partial charge in [0, 0.05) is 10.6 Å². The molecule has 0 spiro atoms. The highest BCUT2D eigenvalue weighted by molar-refractivity contribution is 6.30. The number of anilines is 1. The van der Waals surface area contributed by atoms with Crippen LogP contribution in [0.2, 0.25) is 5.02 Å². The van der Waals surface area contributed by atoms with Crippen molar-refractivity contribution in [2.45, 2.75) is 0 Å². The number of aromatic nitrogens is 3. The van der Waals surface area contributed by atoms with E-state index in [1.807, 2.05) is 5.43 Å². The first-order chi connectivity index (χ1) is 11.1. The second-order valence-corrected chi connectivity index (χ2v) is 5.04.